The summed E-state index contributed by atoms with van der Waals surface area (Å²) in [6.45, 7) is 0. The molecule has 2 rings (SSSR count). The molecule has 3 nitrogen and oxygen atoms in total. The summed E-state index contributed by atoms with van der Waals surface area (Å²) < 4.78 is 0. The van der Waals surface area contributed by atoms with E-state index in [0.717, 1.165) is 0 Å². The van der Waals surface area contributed by atoms with Crippen LogP contribution in [0.25, 0.3) is 0 Å². The summed E-state index contributed by atoms with van der Waals surface area (Å²) >= 11 is 17.4. The zero-order valence-electron chi connectivity index (χ0n) is 8.94. The molecule has 0 atom stereocenters. The number of hydrogen-bond acceptors (Lipinski definition) is 3. The maximum absolute atomic E-state index is 9.68. The third kappa shape index (κ3) is 3.13. The molecule has 0 spiro atoms. The van der Waals surface area contributed by atoms with E-state index in [0.29, 0.717) is 15.7 Å². The van der Waals surface area contributed by atoms with Crippen molar-refractivity contribution in [2.45, 2.75) is 0 Å². The van der Waals surface area contributed by atoms with Gasteiger partial charge in [-0.3, -0.25) is 0 Å². The first-order valence-corrected chi connectivity index (χ1v) is 6.05. The molecule has 0 saturated heterocycles. The first kappa shape index (κ1) is 13.1. The lowest BCUT2D eigenvalue weighted by Gasteiger charge is -2.01. The number of nitrogens with zero attached hydrogens (tertiary/aromatic N) is 2. The second-order valence-electron chi connectivity index (χ2n) is 3.44. The van der Waals surface area contributed by atoms with Crippen molar-refractivity contribution in [3.05, 3.63) is 51.5 Å². The van der Waals surface area contributed by atoms with Crippen molar-refractivity contribution < 1.29 is 5.11 Å². The quantitative estimate of drug-likeness (QED) is 0.703. The van der Waals surface area contributed by atoms with E-state index in [4.69, 9.17) is 34.8 Å². The van der Waals surface area contributed by atoms with Gasteiger partial charge >= 0.3 is 0 Å². The van der Waals surface area contributed by atoms with Gasteiger partial charge in [-0.2, -0.15) is 5.11 Å². The van der Waals surface area contributed by atoms with Crippen molar-refractivity contribution >= 4 is 46.2 Å². The zero-order valence-corrected chi connectivity index (χ0v) is 11.2. The van der Waals surface area contributed by atoms with Gasteiger partial charge in [0, 0.05) is 10.0 Å². The van der Waals surface area contributed by atoms with Crippen LogP contribution in [0.1, 0.15) is 0 Å². The lowest BCUT2D eigenvalue weighted by molar-refractivity contribution is 0.476. The van der Waals surface area contributed by atoms with Crippen molar-refractivity contribution in [2.75, 3.05) is 0 Å². The molecular weight excluding hydrogens is 295 g/mol. The van der Waals surface area contributed by atoms with Crippen LogP contribution in [0.5, 0.6) is 5.75 Å². The first-order valence-electron chi connectivity index (χ1n) is 4.91. The number of rotatable bonds is 2. The summed E-state index contributed by atoms with van der Waals surface area (Å²) in [7, 11) is 0. The van der Waals surface area contributed by atoms with Gasteiger partial charge in [0.2, 0.25) is 0 Å². The molecule has 0 aliphatic carbocycles. The molecule has 0 saturated carbocycles. The van der Waals surface area contributed by atoms with Crippen LogP contribution < -0.4 is 0 Å². The highest BCUT2D eigenvalue weighted by molar-refractivity contribution is 6.36. The standard InChI is InChI=1S/C12H7Cl3N2O/c13-7-2-1-3-9(4-7)16-17-11-6-8(14)5-10(15)12(11)18/h1-6,18H. The van der Waals surface area contributed by atoms with Crippen molar-refractivity contribution in [3.63, 3.8) is 0 Å². The van der Waals surface area contributed by atoms with Crippen molar-refractivity contribution in [1.82, 2.24) is 0 Å². The van der Waals surface area contributed by atoms with E-state index in [9.17, 15) is 5.11 Å². The van der Waals surface area contributed by atoms with Gasteiger partial charge in [0.15, 0.2) is 5.75 Å². The lowest BCUT2D eigenvalue weighted by Crippen LogP contribution is -1.72. The van der Waals surface area contributed by atoms with Crippen molar-refractivity contribution in [2.24, 2.45) is 10.2 Å². The number of aromatic hydroxyl groups is 1. The van der Waals surface area contributed by atoms with Crippen LogP contribution in [0.4, 0.5) is 11.4 Å². The molecule has 6 heteroatoms. The van der Waals surface area contributed by atoms with Crippen molar-refractivity contribution in [3.8, 4) is 5.75 Å². The summed E-state index contributed by atoms with van der Waals surface area (Å²) in [4.78, 5) is 0. The molecule has 18 heavy (non-hydrogen) atoms. The van der Waals surface area contributed by atoms with Crippen LogP contribution in [0.2, 0.25) is 15.1 Å². The molecule has 2 aromatic carbocycles. The summed E-state index contributed by atoms with van der Waals surface area (Å²) in [6.07, 6.45) is 0. The zero-order chi connectivity index (χ0) is 13.1. The van der Waals surface area contributed by atoms with Gasteiger partial charge in [-0.15, -0.1) is 5.11 Å². The summed E-state index contributed by atoms with van der Waals surface area (Å²) in [5.41, 5.74) is 0.769. The van der Waals surface area contributed by atoms with Gasteiger partial charge in [-0.05, 0) is 30.3 Å². The second kappa shape index (κ2) is 5.57. The van der Waals surface area contributed by atoms with E-state index in [-0.39, 0.29) is 16.5 Å². The Kier molecular flexibility index (Phi) is 4.07. The number of halogens is 3. The summed E-state index contributed by atoms with van der Waals surface area (Å²) in [6, 6.07) is 9.76. The Hall–Kier alpha value is -1.29. The highest BCUT2D eigenvalue weighted by atomic mass is 35.5. The van der Waals surface area contributed by atoms with E-state index in [1.165, 1.54) is 12.1 Å². The van der Waals surface area contributed by atoms with Gasteiger partial charge in [-0.1, -0.05) is 40.9 Å². The first-order chi connectivity index (χ1) is 8.56. The highest BCUT2D eigenvalue weighted by Crippen LogP contribution is 2.37. The number of hydrogen-bond donors (Lipinski definition) is 1. The summed E-state index contributed by atoms with van der Waals surface area (Å²) in [5.74, 6) is -0.160. The molecule has 0 heterocycles. The van der Waals surface area contributed by atoms with Crippen LogP contribution in [-0.2, 0) is 0 Å². The maximum atomic E-state index is 9.68. The van der Waals surface area contributed by atoms with Gasteiger partial charge in [0.1, 0.15) is 5.69 Å². The number of phenolic OH excluding ortho intramolecular Hbond substituents is 1. The molecular formula is C12H7Cl3N2O. The topological polar surface area (TPSA) is 45.0 Å². The summed E-state index contributed by atoms with van der Waals surface area (Å²) in [5, 5.41) is 18.6. The molecule has 0 fully saturated rings. The van der Waals surface area contributed by atoms with Gasteiger partial charge in [0.05, 0.1) is 10.7 Å². The minimum Gasteiger partial charge on any atom is -0.504 e. The largest absolute Gasteiger partial charge is 0.504 e. The SMILES string of the molecule is Oc1c(Cl)cc(Cl)cc1N=Nc1cccc(Cl)c1. The second-order valence-corrected chi connectivity index (χ2v) is 4.72. The third-order valence-corrected chi connectivity index (χ3v) is 2.83. The Balaban J connectivity index is 2.34. The lowest BCUT2D eigenvalue weighted by atomic mass is 10.3. The Labute approximate surface area is 119 Å². The minimum absolute atomic E-state index is 0.127. The molecule has 1 N–H and O–H groups in total. The molecule has 0 aliphatic rings. The fourth-order valence-corrected chi connectivity index (χ4v) is 1.95. The number of azo groups is 1. The Morgan fingerprint density at radius 3 is 2.39 bits per heavy atom. The number of phenols is 1. The molecule has 2 aromatic rings. The van der Waals surface area contributed by atoms with E-state index >= 15 is 0 Å². The predicted molar refractivity (Wildman–Crippen MR) is 73.8 cm³/mol. The molecule has 0 radical (unpaired) electrons. The Morgan fingerprint density at radius 2 is 1.67 bits per heavy atom. The van der Waals surface area contributed by atoms with E-state index in [1.807, 2.05) is 0 Å². The number of benzene rings is 2. The van der Waals surface area contributed by atoms with Crippen LogP contribution in [0.15, 0.2) is 46.6 Å². The third-order valence-electron chi connectivity index (χ3n) is 2.09. The molecule has 0 bridgehead atoms. The van der Waals surface area contributed by atoms with Crippen LogP contribution in [-0.4, -0.2) is 5.11 Å². The normalized spacial score (nSPS) is 11.1. The minimum atomic E-state index is -0.160. The molecule has 0 amide bonds. The fraction of sp³-hybridized carbons (Fsp3) is 0. The Bertz CT molecular complexity index is 614. The van der Waals surface area contributed by atoms with Gasteiger partial charge in [-0.25, -0.2) is 0 Å². The Morgan fingerprint density at radius 1 is 0.889 bits per heavy atom. The smallest absolute Gasteiger partial charge is 0.161 e. The van der Waals surface area contributed by atoms with Crippen LogP contribution in [0.3, 0.4) is 0 Å². The van der Waals surface area contributed by atoms with E-state index in [1.54, 1.807) is 24.3 Å². The maximum Gasteiger partial charge on any atom is 0.161 e. The monoisotopic (exact) mass is 300 g/mol. The molecule has 0 unspecified atom stereocenters. The van der Waals surface area contributed by atoms with Crippen molar-refractivity contribution in [1.29, 1.82) is 0 Å². The fourth-order valence-electron chi connectivity index (χ4n) is 1.28. The van der Waals surface area contributed by atoms with Crippen LogP contribution >= 0.6 is 34.8 Å². The van der Waals surface area contributed by atoms with E-state index in [2.05, 4.69) is 10.2 Å². The van der Waals surface area contributed by atoms with Gasteiger partial charge < -0.3 is 5.11 Å². The predicted octanol–water partition coefficient (Wildman–Crippen LogP) is 5.77. The average molecular weight is 302 g/mol. The highest BCUT2D eigenvalue weighted by Gasteiger charge is 2.07. The molecule has 92 valence electrons. The van der Waals surface area contributed by atoms with E-state index < -0.39 is 0 Å². The molecule has 0 aliphatic heterocycles. The average Bonchev–Trinajstić information content (AvgIpc) is 2.32. The molecule has 0 aromatic heterocycles. The van der Waals surface area contributed by atoms with Gasteiger partial charge in [0.25, 0.3) is 0 Å². The van der Waals surface area contributed by atoms with Crippen LogP contribution in [0, 0.1) is 0 Å².